The van der Waals surface area contributed by atoms with Crippen molar-refractivity contribution in [3.8, 4) is 5.69 Å². The number of nitrogens with one attached hydrogen (secondary N) is 1. The van der Waals surface area contributed by atoms with Crippen LogP contribution >= 0.6 is 0 Å². The lowest BCUT2D eigenvalue weighted by atomic mass is 10.1. The molecule has 0 atom stereocenters. The first-order valence-corrected chi connectivity index (χ1v) is 10.2. The fourth-order valence-electron chi connectivity index (χ4n) is 4.05. The standard InChI is InChI=1S/C23H27N5O/c1-18-22(19(2)28(25-18)21-6-4-3-5-7-21)8-9-23(29)27-16-14-26(15-17-27)20-10-12-24-13-11-20/h3-7,10-13H,8-9,14-17H2,1-2H3/p+1. The van der Waals surface area contributed by atoms with E-state index in [0.717, 1.165) is 49.7 Å². The average Bonchev–Trinajstić information content (AvgIpc) is 3.07. The van der Waals surface area contributed by atoms with Crippen LogP contribution in [0.4, 0.5) is 5.69 Å². The Hall–Kier alpha value is -3.15. The highest BCUT2D eigenvalue weighted by molar-refractivity contribution is 5.77. The van der Waals surface area contributed by atoms with E-state index in [1.807, 2.05) is 47.1 Å². The Bertz CT molecular complexity index is 960. The summed E-state index contributed by atoms with van der Waals surface area (Å²) >= 11 is 0. The van der Waals surface area contributed by atoms with Crippen molar-refractivity contribution >= 4 is 11.6 Å². The van der Waals surface area contributed by atoms with Crippen LogP contribution in [-0.2, 0) is 11.2 Å². The number of aromatic nitrogens is 3. The van der Waals surface area contributed by atoms with Crippen LogP contribution in [0.15, 0.2) is 54.9 Å². The molecule has 0 bridgehead atoms. The van der Waals surface area contributed by atoms with Gasteiger partial charge in [-0.05, 0) is 38.0 Å². The summed E-state index contributed by atoms with van der Waals surface area (Å²) in [6, 6.07) is 14.3. The van der Waals surface area contributed by atoms with Crippen molar-refractivity contribution in [2.24, 2.45) is 0 Å². The summed E-state index contributed by atoms with van der Waals surface area (Å²) in [6.07, 6.45) is 5.14. The molecule has 0 saturated carbocycles. The van der Waals surface area contributed by atoms with E-state index in [1.54, 1.807) is 0 Å². The number of piperazine rings is 1. The number of benzene rings is 1. The van der Waals surface area contributed by atoms with E-state index >= 15 is 0 Å². The minimum atomic E-state index is 0.234. The number of aromatic amines is 1. The second-order valence-corrected chi connectivity index (χ2v) is 7.52. The number of para-hydroxylation sites is 1. The van der Waals surface area contributed by atoms with Crippen molar-refractivity contribution in [3.63, 3.8) is 0 Å². The molecule has 1 aliphatic heterocycles. The minimum Gasteiger partial charge on any atom is -0.368 e. The van der Waals surface area contributed by atoms with Crippen molar-refractivity contribution in [3.05, 3.63) is 71.8 Å². The fourth-order valence-corrected chi connectivity index (χ4v) is 4.05. The molecule has 0 aliphatic carbocycles. The van der Waals surface area contributed by atoms with Gasteiger partial charge in [-0.2, -0.15) is 5.10 Å². The highest BCUT2D eigenvalue weighted by Crippen LogP contribution is 2.20. The second kappa shape index (κ2) is 8.47. The van der Waals surface area contributed by atoms with E-state index in [0.29, 0.717) is 6.42 Å². The summed E-state index contributed by atoms with van der Waals surface area (Å²) < 4.78 is 1.98. The molecule has 1 aromatic carbocycles. The fraction of sp³-hybridized carbons (Fsp3) is 0.348. The zero-order valence-corrected chi connectivity index (χ0v) is 17.1. The smallest absolute Gasteiger partial charge is 0.223 e. The van der Waals surface area contributed by atoms with Crippen LogP contribution in [0.5, 0.6) is 0 Å². The van der Waals surface area contributed by atoms with Gasteiger partial charge in [0, 0.05) is 56.1 Å². The van der Waals surface area contributed by atoms with Gasteiger partial charge in [0.25, 0.3) is 0 Å². The molecule has 6 heteroatoms. The van der Waals surface area contributed by atoms with Gasteiger partial charge in [-0.25, -0.2) is 9.67 Å². The zero-order valence-electron chi connectivity index (χ0n) is 17.1. The number of carbonyl (C=O) groups is 1. The van der Waals surface area contributed by atoms with Crippen LogP contribution in [0.25, 0.3) is 5.69 Å². The van der Waals surface area contributed by atoms with Crippen LogP contribution in [0, 0.1) is 13.8 Å². The van der Waals surface area contributed by atoms with Gasteiger partial charge >= 0.3 is 0 Å². The molecule has 6 nitrogen and oxygen atoms in total. The Balaban J connectivity index is 1.35. The molecule has 1 N–H and O–H groups in total. The molecule has 0 unspecified atom stereocenters. The Morgan fingerprint density at radius 2 is 1.66 bits per heavy atom. The summed E-state index contributed by atoms with van der Waals surface area (Å²) in [5.41, 5.74) is 5.56. The number of carbonyl (C=O) groups excluding carboxylic acids is 1. The van der Waals surface area contributed by atoms with Crippen molar-refractivity contribution in [1.29, 1.82) is 0 Å². The Kier molecular flexibility index (Phi) is 5.60. The van der Waals surface area contributed by atoms with E-state index in [2.05, 4.69) is 41.1 Å². The summed E-state index contributed by atoms with van der Waals surface area (Å²) in [7, 11) is 0. The maximum atomic E-state index is 12.8. The largest absolute Gasteiger partial charge is 0.368 e. The normalized spacial score (nSPS) is 14.3. The number of nitrogens with zero attached hydrogens (tertiary/aromatic N) is 4. The molecule has 1 amide bonds. The molecular weight excluding hydrogens is 362 g/mol. The number of hydrogen-bond donors (Lipinski definition) is 0. The van der Waals surface area contributed by atoms with Gasteiger partial charge in [0.05, 0.1) is 11.4 Å². The van der Waals surface area contributed by atoms with Crippen molar-refractivity contribution in [2.45, 2.75) is 26.7 Å². The molecular formula is C23H28N5O+. The molecule has 3 aromatic rings. The van der Waals surface area contributed by atoms with Gasteiger partial charge in [-0.1, -0.05) is 18.2 Å². The molecule has 4 rings (SSSR count). The van der Waals surface area contributed by atoms with Gasteiger partial charge < -0.3 is 9.80 Å². The van der Waals surface area contributed by atoms with Gasteiger partial charge in [0.2, 0.25) is 5.91 Å². The Labute approximate surface area is 171 Å². The number of aryl methyl sites for hydroxylation is 1. The molecule has 0 radical (unpaired) electrons. The van der Waals surface area contributed by atoms with E-state index < -0.39 is 0 Å². The molecule has 0 spiro atoms. The predicted molar refractivity (Wildman–Crippen MR) is 113 cm³/mol. The molecule has 29 heavy (non-hydrogen) atoms. The number of rotatable bonds is 5. The number of anilines is 1. The number of hydrogen-bond acceptors (Lipinski definition) is 3. The highest BCUT2D eigenvalue weighted by atomic mass is 16.2. The van der Waals surface area contributed by atoms with Crippen molar-refractivity contribution < 1.29 is 9.78 Å². The predicted octanol–water partition coefficient (Wildman–Crippen LogP) is 2.58. The van der Waals surface area contributed by atoms with Gasteiger partial charge in [-0.3, -0.25) is 4.79 Å². The molecule has 1 fully saturated rings. The summed E-state index contributed by atoms with van der Waals surface area (Å²) in [6.45, 7) is 7.42. The first kappa shape index (κ1) is 19.2. The summed E-state index contributed by atoms with van der Waals surface area (Å²) in [5.74, 6) is 0.234. The van der Waals surface area contributed by atoms with Gasteiger partial charge in [0.1, 0.15) is 0 Å². The third kappa shape index (κ3) is 4.16. The zero-order chi connectivity index (χ0) is 20.2. The lowest BCUT2D eigenvalue weighted by molar-refractivity contribution is -0.377. The monoisotopic (exact) mass is 390 g/mol. The molecule has 3 heterocycles. The van der Waals surface area contributed by atoms with Crippen molar-refractivity contribution in [1.82, 2.24) is 14.7 Å². The van der Waals surface area contributed by atoms with Gasteiger partial charge in [-0.15, -0.1) is 0 Å². The molecule has 1 aliphatic rings. The maximum absolute atomic E-state index is 12.8. The molecule has 2 aromatic heterocycles. The number of amides is 1. The van der Waals surface area contributed by atoms with Crippen LogP contribution in [-0.4, -0.2) is 46.8 Å². The van der Waals surface area contributed by atoms with E-state index in [9.17, 15) is 4.79 Å². The summed E-state index contributed by atoms with van der Waals surface area (Å²) in [5, 5.41) is 4.70. The molecule has 150 valence electrons. The third-order valence-corrected chi connectivity index (χ3v) is 5.73. The topological polar surface area (TPSA) is 55.5 Å². The Morgan fingerprint density at radius 1 is 0.966 bits per heavy atom. The minimum absolute atomic E-state index is 0.234. The van der Waals surface area contributed by atoms with Crippen LogP contribution < -0.4 is 9.88 Å². The summed E-state index contributed by atoms with van der Waals surface area (Å²) in [4.78, 5) is 20.2. The lowest BCUT2D eigenvalue weighted by Crippen LogP contribution is -2.48. The second-order valence-electron chi connectivity index (χ2n) is 7.52. The number of H-pyrrole nitrogens is 1. The maximum Gasteiger partial charge on any atom is 0.223 e. The van der Waals surface area contributed by atoms with E-state index in [1.165, 1.54) is 11.3 Å². The Morgan fingerprint density at radius 3 is 2.34 bits per heavy atom. The number of pyridine rings is 1. The van der Waals surface area contributed by atoms with E-state index in [-0.39, 0.29) is 5.91 Å². The first-order chi connectivity index (χ1) is 14.1. The van der Waals surface area contributed by atoms with Crippen LogP contribution in [0.3, 0.4) is 0 Å². The van der Waals surface area contributed by atoms with Crippen molar-refractivity contribution in [2.75, 3.05) is 31.1 Å². The average molecular weight is 391 g/mol. The van der Waals surface area contributed by atoms with Crippen LogP contribution in [0.2, 0.25) is 0 Å². The first-order valence-electron chi connectivity index (χ1n) is 10.2. The SMILES string of the molecule is Cc1nn(-c2ccccc2)c(C)c1CCC(=O)N1CCN(c2cc[nH+]cc2)CC1. The van der Waals surface area contributed by atoms with E-state index in [4.69, 9.17) is 5.10 Å². The lowest BCUT2D eigenvalue weighted by Gasteiger charge is -2.35. The highest BCUT2D eigenvalue weighted by Gasteiger charge is 2.22. The molecule has 1 saturated heterocycles. The third-order valence-electron chi connectivity index (χ3n) is 5.73. The van der Waals surface area contributed by atoms with Crippen LogP contribution in [0.1, 0.15) is 23.4 Å². The quantitative estimate of drug-likeness (QED) is 0.673. The van der Waals surface area contributed by atoms with Gasteiger partial charge in [0.15, 0.2) is 12.4 Å².